The summed E-state index contributed by atoms with van der Waals surface area (Å²) in [5, 5.41) is 13.4. The first-order valence-corrected chi connectivity index (χ1v) is 9.17. The summed E-state index contributed by atoms with van der Waals surface area (Å²) in [6, 6.07) is 7.87. The van der Waals surface area contributed by atoms with E-state index in [2.05, 4.69) is 25.2 Å². The van der Waals surface area contributed by atoms with Crippen molar-refractivity contribution in [3.63, 3.8) is 0 Å². The molecule has 4 nitrogen and oxygen atoms in total. The molecule has 1 aliphatic rings. The van der Waals surface area contributed by atoms with Gasteiger partial charge in [-0.05, 0) is 42.7 Å². The van der Waals surface area contributed by atoms with Crippen molar-refractivity contribution < 1.29 is 9.90 Å². The van der Waals surface area contributed by atoms with E-state index in [9.17, 15) is 9.90 Å². The number of rotatable bonds is 5. The highest BCUT2D eigenvalue weighted by Crippen LogP contribution is 2.26. The normalized spacial score (nSPS) is 17.3. The van der Waals surface area contributed by atoms with Crippen LogP contribution in [-0.2, 0) is 6.42 Å². The number of aryl methyl sites for hydroxylation is 1. The Labute approximate surface area is 137 Å². The van der Waals surface area contributed by atoms with Crippen molar-refractivity contribution in [1.29, 1.82) is 0 Å². The molecule has 1 aliphatic heterocycles. The number of benzene rings is 1. The Bertz CT molecular complexity index is 499. The summed E-state index contributed by atoms with van der Waals surface area (Å²) in [6.07, 6.45) is 2.26. The van der Waals surface area contributed by atoms with Gasteiger partial charge in [-0.25, -0.2) is 4.79 Å². The predicted octanol–water partition coefficient (Wildman–Crippen LogP) is 3.36. The van der Waals surface area contributed by atoms with Crippen molar-refractivity contribution in [2.45, 2.75) is 38.7 Å². The molecule has 0 aromatic heterocycles. The topological polar surface area (TPSA) is 52.6 Å². The molecule has 1 heterocycles. The number of nitrogens with zero attached hydrogens (tertiary/aromatic N) is 1. The summed E-state index contributed by atoms with van der Waals surface area (Å²) in [6.45, 7) is 5.42. The predicted molar refractivity (Wildman–Crippen MR) is 93.6 cm³/mol. The van der Waals surface area contributed by atoms with Gasteiger partial charge in [0.15, 0.2) is 0 Å². The van der Waals surface area contributed by atoms with Gasteiger partial charge in [-0.2, -0.15) is 11.8 Å². The second kappa shape index (κ2) is 7.88. The van der Waals surface area contributed by atoms with Gasteiger partial charge in [-0.1, -0.05) is 26.0 Å². The number of carbonyl (C=O) groups is 1. The molecule has 0 bridgehead atoms. The van der Waals surface area contributed by atoms with Gasteiger partial charge >= 0.3 is 6.03 Å². The fourth-order valence-electron chi connectivity index (χ4n) is 2.63. The molecule has 1 aromatic carbocycles. The Kier molecular flexibility index (Phi) is 6.15. The second-order valence-corrected chi connectivity index (χ2v) is 7.11. The van der Waals surface area contributed by atoms with Gasteiger partial charge in [0.05, 0.1) is 5.60 Å². The van der Waals surface area contributed by atoms with E-state index in [1.165, 1.54) is 5.56 Å². The van der Waals surface area contributed by atoms with Crippen molar-refractivity contribution in [3.05, 3.63) is 29.8 Å². The fraction of sp³-hybridized carbons (Fsp3) is 0.588. The molecule has 0 radical (unpaired) electrons. The average molecular weight is 322 g/mol. The second-order valence-electron chi connectivity index (χ2n) is 5.83. The number of carbonyl (C=O) groups excluding carboxylic acids is 1. The zero-order valence-electron chi connectivity index (χ0n) is 13.5. The minimum absolute atomic E-state index is 0.0709. The van der Waals surface area contributed by atoms with Gasteiger partial charge in [-0.15, -0.1) is 0 Å². The molecule has 2 rings (SSSR count). The maximum Gasteiger partial charge on any atom is 0.321 e. The van der Waals surface area contributed by atoms with E-state index in [0.717, 1.165) is 23.6 Å². The summed E-state index contributed by atoms with van der Waals surface area (Å²) in [5.74, 6) is 1.78. The average Bonchev–Trinajstić information content (AvgIpc) is 2.54. The first-order valence-electron chi connectivity index (χ1n) is 8.01. The van der Waals surface area contributed by atoms with Gasteiger partial charge in [0.1, 0.15) is 0 Å². The highest BCUT2D eigenvalue weighted by atomic mass is 32.2. The van der Waals surface area contributed by atoms with Crippen molar-refractivity contribution in [1.82, 2.24) is 4.90 Å². The van der Waals surface area contributed by atoms with Gasteiger partial charge in [0.25, 0.3) is 0 Å². The van der Waals surface area contributed by atoms with Crippen LogP contribution in [0.5, 0.6) is 0 Å². The van der Waals surface area contributed by atoms with E-state index >= 15 is 0 Å². The fourth-order valence-corrected chi connectivity index (χ4v) is 3.51. The number of piperidine rings is 1. The quantitative estimate of drug-likeness (QED) is 0.874. The first-order chi connectivity index (χ1) is 10.6. The number of urea groups is 1. The lowest BCUT2D eigenvalue weighted by atomic mass is 9.94. The van der Waals surface area contributed by atoms with E-state index < -0.39 is 5.60 Å². The first kappa shape index (κ1) is 17.2. The van der Waals surface area contributed by atoms with Crippen LogP contribution in [-0.4, -0.2) is 46.2 Å². The Balaban J connectivity index is 1.87. The van der Waals surface area contributed by atoms with Gasteiger partial charge in [0, 0.05) is 24.5 Å². The van der Waals surface area contributed by atoms with E-state index in [1.54, 1.807) is 16.7 Å². The molecule has 5 heteroatoms. The molecule has 22 heavy (non-hydrogen) atoms. The lowest BCUT2D eigenvalue weighted by Crippen LogP contribution is -2.49. The molecule has 0 atom stereocenters. The maximum absolute atomic E-state index is 12.3. The summed E-state index contributed by atoms with van der Waals surface area (Å²) < 4.78 is 0. The Morgan fingerprint density at radius 3 is 2.73 bits per heavy atom. The third kappa shape index (κ3) is 4.65. The lowest BCUT2D eigenvalue weighted by molar-refractivity contribution is 0.00999. The molecule has 1 saturated heterocycles. The number of aliphatic hydroxyl groups is 1. The third-order valence-electron chi connectivity index (χ3n) is 4.14. The Morgan fingerprint density at radius 2 is 2.09 bits per heavy atom. The maximum atomic E-state index is 12.3. The number of nitrogens with one attached hydrogen (secondary N) is 1. The zero-order valence-corrected chi connectivity index (χ0v) is 14.3. The van der Waals surface area contributed by atoms with Crippen LogP contribution in [0, 0.1) is 0 Å². The summed E-state index contributed by atoms with van der Waals surface area (Å²) >= 11 is 1.76. The number of thioether (sulfide) groups is 1. The van der Waals surface area contributed by atoms with Crippen LogP contribution in [0.2, 0.25) is 0 Å². The van der Waals surface area contributed by atoms with Gasteiger partial charge in [-0.3, -0.25) is 0 Å². The minimum Gasteiger partial charge on any atom is -0.389 e. The van der Waals surface area contributed by atoms with E-state index in [1.807, 2.05) is 18.2 Å². The smallest absolute Gasteiger partial charge is 0.321 e. The van der Waals surface area contributed by atoms with E-state index in [4.69, 9.17) is 0 Å². The molecule has 2 amide bonds. The number of likely N-dealkylation sites (tertiary alicyclic amines) is 1. The number of hydrogen-bond acceptors (Lipinski definition) is 3. The summed E-state index contributed by atoms with van der Waals surface area (Å²) in [5.41, 5.74) is 1.44. The summed E-state index contributed by atoms with van der Waals surface area (Å²) in [7, 11) is 0. The monoisotopic (exact) mass is 322 g/mol. The molecule has 0 spiro atoms. The van der Waals surface area contributed by atoms with Gasteiger partial charge in [0.2, 0.25) is 0 Å². The van der Waals surface area contributed by atoms with Crippen molar-refractivity contribution in [2.24, 2.45) is 0 Å². The SMILES string of the molecule is CCSCC1(O)CCN(C(=O)Nc2cccc(CC)c2)CC1. The standard InChI is InChI=1S/C17H26N2O2S/c1-3-14-6-5-7-15(12-14)18-16(20)19-10-8-17(21,9-11-19)13-22-4-2/h5-7,12,21H,3-4,8-11,13H2,1-2H3,(H,18,20). The summed E-state index contributed by atoms with van der Waals surface area (Å²) in [4.78, 5) is 14.1. The van der Waals surface area contributed by atoms with Crippen LogP contribution in [0.15, 0.2) is 24.3 Å². The molecule has 0 aliphatic carbocycles. The Morgan fingerprint density at radius 1 is 1.36 bits per heavy atom. The van der Waals surface area contributed by atoms with Crippen molar-refractivity contribution in [2.75, 3.05) is 29.9 Å². The zero-order chi connectivity index (χ0) is 16.0. The van der Waals surface area contributed by atoms with E-state index in [0.29, 0.717) is 25.9 Å². The molecule has 1 fully saturated rings. The molecule has 2 N–H and O–H groups in total. The highest BCUT2D eigenvalue weighted by Gasteiger charge is 2.33. The minimum atomic E-state index is -0.612. The third-order valence-corrected chi connectivity index (χ3v) is 5.29. The van der Waals surface area contributed by atoms with Crippen molar-refractivity contribution in [3.8, 4) is 0 Å². The Hall–Kier alpha value is -1.20. The van der Waals surface area contributed by atoms with Crippen LogP contribution in [0.25, 0.3) is 0 Å². The lowest BCUT2D eigenvalue weighted by Gasteiger charge is -2.38. The van der Waals surface area contributed by atoms with Crippen molar-refractivity contribution >= 4 is 23.5 Å². The van der Waals surface area contributed by atoms with Crippen LogP contribution in [0.4, 0.5) is 10.5 Å². The van der Waals surface area contributed by atoms with Crippen LogP contribution in [0.3, 0.4) is 0 Å². The van der Waals surface area contributed by atoms with Gasteiger partial charge < -0.3 is 15.3 Å². The molecule has 0 saturated carbocycles. The molecular weight excluding hydrogens is 296 g/mol. The van der Waals surface area contributed by atoms with Crippen LogP contribution >= 0.6 is 11.8 Å². The molecule has 0 unspecified atom stereocenters. The highest BCUT2D eigenvalue weighted by molar-refractivity contribution is 7.99. The van der Waals surface area contributed by atoms with Crippen LogP contribution < -0.4 is 5.32 Å². The van der Waals surface area contributed by atoms with E-state index in [-0.39, 0.29) is 6.03 Å². The molecule has 1 aromatic rings. The number of hydrogen-bond donors (Lipinski definition) is 2. The largest absolute Gasteiger partial charge is 0.389 e. The van der Waals surface area contributed by atoms with Crippen LogP contribution in [0.1, 0.15) is 32.3 Å². The molecular formula is C17H26N2O2S. The number of anilines is 1. The molecule has 122 valence electrons. The number of amides is 2.